The van der Waals surface area contributed by atoms with E-state index in [0.29, 0.717) is 18.7 Å². The lowest BCUT2D eigenvalue weighted by atomic mass is 10.1. The number of hydrogen-bond acceptors (Lipinski definition) is 6. The molecule has 0 atom stereocenters. The Labute approximate surface area is 196 Å². The van der Waals surface area contributed by atoms with E-state index >= 15 is 0 Å². The number of carbonyl (C=O) groups excluding carboxylic acids is 2. The van der Waals surface area contributed by atoms with Crippen molar-refractivity contribution in [2.24, 2.45) is 0 Å². The first-order valence-electron chi connectivity index (χ1n) is 11.3. The molecule has 3 rings (SSSR count). The molecule has 0 aliphatic carbocycles. The van der Waals surface area contributed by atoms with Gasteiger partial charge in [-0.2, -0.15) is 0 Å². The van der Waals surface area contributed by atoms with Crippen LogP contribution in [0.2, 0.25) is 0 Å². The summed E-state index contributed by atoms with van der Waals surface area (Å²) >= 11 is 0. The zero-order valence-electron chi connectivity index (χ0n) is 19.8. The Morgan fingerprint density at radius 1 is 1.06 bits per heavy atom. The number of allylic oxidation sites excluding steroid dienone is 1. The van der Waals surface area contributed by atoms with Crippen LogP contribution in [0.15, 0.2) is 54.6 Å². The van der Waals surface area contributed by atoms with Crippen LogP contribution in [0.4, 0.5) is 11.4 Å². The minimum Gasteiger partial charge on any atom is -0.384 e. The van der Waals surface area contributed by atoms with E-state index in [1.54, 1.807) is 6.08 Å². The Hall–Kier alpha value is -3.16. The van der Waals surface area contributed by atoms with Crippen LogP contribution < -0.4 is 10.2 Å². The minimum atomic E-state index is -0.0227. The van der Waals surface area contributed by atoms with Crippen LogP contribution in [0, 0.1) is 0 Å². The van der Waals surface area contributed by atoms with Crippen LogP contribution in [-0.2, 0) is 9.53 Å². The first kappa shape index (κ1) is 24.5. The highest BCUT2D eigenvalue weighted by atomic mass is 16.5. The van der Waals surface area contributed by atoms with Gasteiger partial charge >= 0.3 is 0 Å². The first-order chi connectivity index (χ1) is 16.0. The molecule has 0 radical (unpaired) electrons. The van der Waals surface area contributed by atoms with Crippen molar-refractivity contribution in [3.8, 4) is 0 Å². The van der Waals surface area contributed by atoms with Crippen LogP contribution in [0.25, 0.3) is 6.08 Å². The minimum absolute atomic E-state index is 0.0227. The number of anilines is 2. The number of benzene rings is 2. The van der Waals surface area contributed by atoms with Gasteiger partial charge in [0.2, 0.25) is 5.91 Å². The molecule has 1 heterocycles. The molecule has 176 valence electrons. The molecule has 1 amide bonds. The van der Waals surface area contributed by atoms with Crippen molar-refractivity contribution in [3.63, 3.8) is 0 Å². The average molecular weight is 451 g/mol. The lowest BCUT2D eigenvalue weighted by Crippen LogP contribution is -2.49. The van der Waals surface area contributed by atoms with Gasteiger partial charge in [-0.25, -0.2) is 0 Å². The quantitative estimate of drug-likeness (QED) is 0.444. The number of ether oxygens (including phenoxy) is 1. The van der Waals surface area contributed by atoms with E-state index in [4.69, 9.17) is 4.74 Å². The van der Waals surface area contributed by atoms with Crippen molar-refractivity contribution in [1.82, 2.24) is 9.80 Å². The standard InChI is InChI=1S/C26H34N4O3/c1-28(2)14-13-27-23-10-8-22(9-11-23)25(31)12-7-21-5-4-6-24(19-21)29-15-17-30(18-16-29)26(32)20-33-3/h4-12,19,27H,13-18,20H2,1-3H3/b12-7+. The van der Waals surface area contributed by atoms with E-state index in [-0.39, 0.29) is 18.3 Å². The van der Waals surface area contributed by atoms with Crippen LogP contribution in [-0.4, -0.2) is 88.6 Å². The number of nitrogens with one attached hydrogen (secondary N) is 1. The van der Waals surface area contributed by atoms with Gasteiger partial charge in [-0.05, 0) is 62.1 Å². The number of nitrogens with zero attached hydrogens (tertiary/aromatic N) is 3. The fourth-order valence-corrected chi connectivity index (χ4v) is 3.70. The Bertz CT molecular complexity index is 948. The molecule has 1 aliphatic heterocycles. The average Bonchev–Trinajstić information content (AvgIpc) is 2.83. The van der Waals surface area contributed by atoms with E-state index in [2.05, 4.69) is 27.2 Å². The van der Waals surface area contributed by atoms with E-state index in [1.807, 2.05) is 61.5 Å². The number of methoxy groups -OCH3 is 1. The third kappa shape index (κ3) is 7.44. The van der Waals surface area contributed by atoms with Crippen molar-refractivity contribution in [1.29, 1.82) is 0 Å². The number of carbonyl (C=O) groups is 2. The summed E-state index contributed by atoms with van der Waals surface area (Å²) in [5, 5.41) is 3.35. The summed E-state index contributed by atoms with van der Waals surface area (Å²) in [6, 6.07) is 15.7. The Morgan fingerprint density at radius 2 is 1.79 bits per heavy atom. The van der Waals surface area contributed by atoms with Crippen molar-refractivity contribution >= 4 is 29.1 Å². The normalized spacial score (nSPS) is 14.2. The number of likely N-dealkylation sites (N-methyl/N-ethyl adjacent to an activating group) is 1. The van der Waals surface area contributed by atoms with Gasteiger partial charge in [-0.15, -0.1) is 0 Å². The van der Waals surface area contributed by atoms with E-state index in [9.17, 15) is 9.59 Å². The zero-order chi connectivity index (χ0) is 23.6. The molecule has 2 aromatic carbocycles. The van der Waals surface area contributed by atoms with Crippen LogP contribution in [0.1, 0.15) is 15.9 Å². The van der Waals surface area contributed by atoms with E-state index in [1.165, 1.54) is 7.11 Å². The van der Waals surface area contributed by atoms with Crippen molar-refractivity contribution < 1.29 is 14.3 Å². The number of rotatable bonds is 10. The monoisotopic (exact) mass is 450 g/mol. The summed E-state index contributed by atoms with van der Waals surface area (Å²) in [5.74, 6) is 0.00948. The van der Waals surface area contributed by atoms with Gasteiger partial charge in [-0.3, -0.25) is 9.59 Å². The van der Waals surface area contributed by atoms with E-state index < -0.39 is 0 Å². The number of amides is 1. The highest BCUT2D eigenvalue weighted by molar-refractivity contribution is 6.07. The molecule has 1 N–H and O–H groups in total. The predicted octanol–water partition coefficient (Wildman–Crippen LogP) is 2.85. The number of piperazine rings is 1. The van der Waals surface area contributed by atoms with Gasteiger partial charge in [0.25, 0.3) is 0 Å². The third-order valence-electron chi connectivity index (χ3n) is 5.62. The van der Waals surface area contributed by atoms with Crippen LogP contribution in [0.5, 0.6) is 0 Å². The maximum atomic E-state index is 12.6. The van der Waals surface area contributed by atoms with Crippen LogP contribution in [0.3, 0.4) is 0 Å². The molecule has 0 saturated carbocycles. The maximum absolute atomic E-state index is 12.6. The molecule has 1 aliphatic rings. The molecular formula is C26H34N4O3. The zero-order valence-corrected chi connectivity index (χ0v) is 19.8. The number of ketones is 1. The molecule has 0 bridgehead atoms. The molecule has 1 fully saturated rings. The van der Waals surface area contributed by atoms with Crippen molar-refractivity contribution in [2.45, 2.75) is 0 Å². The molecule has 0 aromatic heterocycles. The van der Waals surface area contributed by atoms with Crippen molar-refractivity contribution in [3.05, 3.63) is 65.7 Å². The van der Waals surface area contributed by atoms with Gasteiger partial charge in [0.1, 0.15) is 6.61 Å². The highest BCUT2D eigenvalue weighted by Crippen LogP contribution is 2.19. The third-order valence-corrected chi connectivity index (χ3v) is 5.62. The van der Waals surface area contributed by atoms with Gasteiger partial charge in [0, 0.05) is 63.3 Å². The molecule has 7 heteroatoms. The first-order valence-corrected chi connectivity index (χ1v) is 11.3. The molecule has 2 aromatic rings. The fraction of sp³-hybridized carbons (Fsp3) is 0.385. The Morgan fingerprint density at radius 3 is 2.45 bits per heavy atom. The van der Waals surface area contributed by atoms with Gasteiger partial charge in [-0.1, -0.05) is 18.2 Å². The maximum Gasteiger partial charge on any atom is 0.248 e. The largest absolute Gasteiger partial charge is 0.384 e. The molecule has 33 heavy (non-hydrogen) atoms. The summed E-state index contributed by atoms with van der Waals surface area (Å²) in [5.41, 5.74) is 3.74. The Balaban J connectivity index is 1.55. The summed E-state index contributed by atoms with van der Waals surface area (Å²) in [4.78, 5) is 30.8. The summed E-state index contributed by atoms with van der Waals surface area (Å²) in [6.07, 6.45) is 3.47. The second-order valence-electron chi connectivity index (χ2n) is 8.40. The van der Waals surface area contributed by atoms with Gasteiger partial charge < -0.3 is 24.8 Å². The van der Waals surface area contributed by atoms with Gasteiger partial charge in [0.15, 0.2) is 5.78 Å². The molecular weight excluding hydrogens is 416 g/mol. The molecule has 0 unspecified atom stereocenters. The summed E-state index contributed by atoms with van der Waals surface area (Å²) in [6.45, 7) is 4.84. The van der Waals surface area contributed by atoms with E-state index in [0.717, 1.165) is 43.1 Å². The SMILES string of the molecule is COCC(=O)N1CCN(c2cccc(/C=C/C(=O)c3ccc(NCCN(C)C)cc3)c2)CC1. The molecule has 1 saturated heterocycles. The smallest absolute Gasteiger partial charge is 0.248 e. The van der Waals surface area contributed by atoms with Gasteiger partial charge in [0.05, 0.1) is 0 Å². The summed E-state index contributed by atoms with van der Waals surface area (Å²) < 4.78 is 4.95. The fourth-order valence-electron chi connectivity index (χ4n) is 3.70. The predicted molar refractivity (Wildman–Crippen MR) is 134 cm³/mol. The summed E-state index contributed by atoms with van der Waals surface area (Å²) in [7, 11) is 5.62. The second-order valence-corrected chi connectivity index (χ2v) is 8.40. The lowest BCUT2D eigenvalue weighted by Gasteiger charge is -2.36. The topological polar surface area (TPSA) is 65.1 Å². The van der Waals surface area contributed by atoms with Crippen molar-refractivity contribution in [2.75, 3.05) is 77.3 Å². The lowest BCUT2D eigenvalue weighted by molar-refractivity contribution is -0.135. The number of hydrogen-bond donors (Lipinski definition) is 1. The van der Waals surface area contributed by atoms with Crippen LogP contribution >= 0.6 is 0 Å². The molecule has 0 spiro atoms. The highest BCUT2D eigenvalue weighted by Gasteiger charge is 2.21. The Kier molecular flexibility index (Phi) is 9.04. The second kappa shape index (κ2) is 12.2. The molecule has 7 nitrogen and oxygen atoms in total.